The molecule has 1 aliphatic rings. The molecule has 9 heavy (non-hydrogen) atoms. The summed E-state index contributed by atoms with van der Waals surface area (Å²) < 4.78 is 10.1. The molecule has 0 unspecified atom stereocenters. The maximum absolute atomic E-state index is 4.87. The van der Waals surface area contributed by atoms with E-state index in [1.165, 1.54) is 11.8 Å². The normalized spacial score (nSPS) is 20.0. The maximum atomic E-state index is 4.87. The highest BCUT2D eigenvalue weighted by molar-refractivity contribution is 8.22. The summed E-state index contributed by atoms with van der Waals surface area (Å²) in [6.45, 7) is 0.587. The zero-order valence-electron chi connectivity index (χ0n) is 4.46. The largest absolute Gasteiger partial charge is 0.456 e. The van der Waals surface area contributed by atoms with Gasteiger partial charge in [-0.05, 0) is 12.2 Å². The topological polar surface area (TPSA) is 18.5 Å². The quantitative estimate of drug-likeness (QED) is 0.522. The number of hydrogen-bond acceptors (Lipinski definition) is 5. The summed E-state index contributed by atoms with van der Waals surface area (Å²) in [6, 6.07) is 0. The Morgan fingerprint density at radius 2 is 2.22 bits per heavy atom. The van der Waals surface area contributed by atoms with Crippen LogP contribution < -0.4 is 0 Å². The molecule has 2 nitrogen and oxygen atoms in total. The molecule has 0 N–H and O–H groups in total. The lowest BCUT2D eigenvalue weighted by Gasteiger charge is -1.98. The van der Waals surface area contributed by atoms with Crippen molar-refractivity contribution in [3.8, 4) is 0 Å². The molecule has 0 saturated carbocycles. The van der Waals surface area contributed by atoms with Crippen LogP contribution in [0.1, 0.15) is 0 Å². The van der Waals surface area contributed by atoms with E-state index < -0.39 is 0 Å². The predicted octanol–water partition coefficient (Wildman–Crippen LogP) is 1.34. The molecule has 5 heteroatoms. The van der Waals surface area contributed by atoms with Crippen LogP contribution >= 0.6 is 36.2 Å². The number of hydrogen-bond donors (Lipinski definition) is 0. The molecule has 0 aromatic carbocycles. The summed E-state index contributed by atoms with van der Waals surface area (Å²) in [6.07, 6.45) is 0. The van der Waals surface area contributed by atoms with E-state index in [1.54, 1.807) is 0 Å². The van der Waals surface area contributed by atoms with Crippen molar-refractivity contribution >= 4 is 45.8 Å². The van der Waals surface area contributed by atoms with Gasteiger partial charge in [-0.15, -0.1) is 0 Å². The molecule has 0 radical (unpaired) electrons. The molecule has 1 rings (SSSR count). The van der Waals surface area contributed by atoms with E-state index in [2.05, 4.69) is 12.2 Å². The highest BCUT2D eigenvalue weighted by atomic mass is 32.2. The van der Waals surface area contributed by atoms with E-state index in [0.717, 1.165) is 5.75 Å². The van der Waals surface area contributed by atoms with Crippen molar-refractivity contribution in [1.82, 2.24) is 0 Å². The van der Waals surface area contributed by atoms with E-state index >= 15 is 0 Å². The Hall–Kier alpha value is 0.130. The van der Waals surface area contributed by atoms with Crippen molar-refractivity contribution < 1.29 is 9.47 Å². The van der Waals surface area contributed by atoms with Gasteiger partial charge in [0.2, 0.25) is 4.38 Å². The lowest BCUT2D eigenvalue weighted by molar-refractivity contribution is 0.271. The molecule has 0 bridgehead atoms. The Labute approximate surface area is 67.9 Å². The van der Waals surface area contributed by atoms with Crippen LogP contribution in [0.15, 0.2) is 0 Å². The van der Waals surface area contributed by atoms with Gasteiger partial charge in [0.15, 0.2) is 0 Å². The minimum atomic E-state index is 0.144. The van der Waals surface area contributed by atoms with Crippen LogP contribution in [0.2, 0.25) is 0 Å². The highest BCUT2D eigenvalue weighted by Crippen LogP contribution is 2.10. The van der Waals surface area contributed by atoms with Crippen LogP contribution in [-0.2, 0) is 9.47 Å². The minimum absolute atomic E-state index is 0.144. The number of ether oxygens (including phenoxy) is 2. The Balaban J connectivity index is 2.47. The Kier molecular flexibility index (Phi) is 2.68. The molecule has 0 atom stereocenters. The lowest BCUT2D eigenvalue weighted by Crippen LogP contribution is -2.05. The van der Waals surface area contributed by atoms with Crippen molar-refractivity contribution in [3.05, 3.63) is 0 Å². The van der Waals surface area contributed by atoms with E-state index in [-0.39, 0.29) is 5.24 Å². The summed E-state index contributed by atoms with van der Waals surface area (Å²) in [7, 11) is 0. The predicted molar refractivity (Wildman–Crippen MR) is 44.7 cm³/mol. The van der Waals surface area contributed by atoms with Crippen molar-refractivity contribution in [2.45, 2.75) is 0 Å². The standard InChI is InChI=1S/C4H4O2S3/c7-3-5-1-2-9-4(8)6-3/h1-2H2. The molecule has 0 amide bonds. The molecular weight excluding hydrogens is 176 g/mol. The fourth-order valence-corrected chi connectivity index (χ4v) is 1.44. The fraction of sp³-hybridized carbons (Fsp3) is 0.500. The van der Waals surface area contributed by atoms with Crippen molar-refractivity contribution in [3.63, 3.8) is 0 Å². The summed E-state index contributed by atoms with van der Waals surface area (Å²) in [5.41, 5.74) is 0. The van der Waals surface area contributed by atoms with Crippen molar-refractivity contribution in [2.24, 2.45) is 0 Å². The third kappa shape index (κ3) is 2.47. The first kappa shape index (κ1) is 7.24. The molecular formula is C4H4O2S3. The van der Waals surface area contributed by atoms with Gasteiger partial charge in [-0.2, -0.15) is 0 Å². The van der Waals surface area contributed by atoms with Crippen LogP contribution in [0.5, 0.6) is 0 Å². The minimum Gasteiger partial charge on any atom is -0.456 e. The zero-order chi connectivity index (χ0) is 6.69. The van der Waals surface area contributed by atoms with Crippen LogP contribution in [0.3, 0.4) is 0 Å². The molecule has 1 heterocycles. The van der Waals surface area contributed by atoms with E-state index in [9.17, 15) is 0 Å². The molecule has 0 aromatic rings. The van der Waals surface area contributed by atoms with Crippen molar-refractivity contribution in [2.75, 3.05) is 12.4 Å². The number of rotatable bonds is 0. The summed E-state index contributed by atoms with van der Waals surface area (Å²) in [4.78, 5) is 0. The van der Waals surface area contributed by atoms with E-state index in [0.29, 0.717) is 11.0 Å². The zero-order valence-corrected chi connectivity index (χ0v) is 6.90. The summed E-state index contributed by atoms with van der Waals surface area (Å²) in [5.74, 6) is 0.818. The monoisotopic (exact) mass is 180 g/mol. The Morgan fingerprint density at radius 1 is 1.44 bits per heavy atom. The lowest BCUT2D eigenvalue weighted by atomic mass is 10.9. The molecule has 0 spiro atoms. The number of thiocarbonyl (C=S) groups is 2. The summed E-state index contributed by atoms with van der Waals surface area (Å²) in [5, 5.41) is 0.144. The van der Waals surface area contributed by atoms with Gasteiger partial charge < -0.3 is 9.47 Å². The Bertz CT molecular complexity index is 129. The van der Waals surface area contributed by atoms with Gasteiger partial charge in [0.25, 0.3) is 0 Å². The van der Waals surface area contributed by atoms with E-state index in [1.807, 2.05) is 0 Å². The van der Waals surface area contributed by atoms with Crippen LogP contribution in [0.25, 0.3) is 0 Å². The van der Waals surface area contributed by atoms with Gasteiger partial charge >= 0.3 is 5.24 Å². The molecule has 0 aromatic heterocycles. The second kappa shape index (κ2) is 3.34. The SMILES string of the molecule is S=C1OCCSC(=S)O1. The Morgan fingerprint density at radius 3 is 3.00 bits per heavy atom. The van der Waals surface area contributed by atoms with Crippen LogP contribution in [0, 0.1) is 0 Å². The first-order valence-corrected chi connectivity index (χ1v) is 4.10. The second-order valence-electron chi connectivity index (χ2n) is 1.30. The first-order valence-electron chi connectivity index (χ1n) is 2.30. The molecule has 0 aliphatic carbocycles. The third-order valence-corrected chi connectivity index (χ3v) is 2.02. The fourth-order valence-electron chi connectivity index (χ4n) is 0.377. The molecule has 1 aliphatic heterocycles. The highest BCUT2D eigenvalue weighted by Gasteiger charge is 2.09. The van der Waals surface area contributed by atoms with Crippen LogP contribution in [0.4, 0.5) is 0 Å². The third-order valence-electron chi connectivity index (χ3n) is 0.690. The van der Waals surface area contributed by atoms with Gasteiger partial charge in [-0.1, -0.05) is 11.8 Å². The number of thioether (sulfide) groups is 1. The van der Waals surface area contributed by atoms with Gasteiger partial charge in [0.1, 0.15) is 6.61 Å². The maximum Gasteiger partial charge on any atom is 0.359 e. The van der Waals surface area contributed by atoms with E-state index in [4.69, 9.17) is 21.7 Å². The second-order valence-corrected chi connectivity index (χ2v) is 3.33. The van der Waals surface area contributed by atoms with Gasteiger partial charge in [0.05, 0.1) is 0 Å². The average molecular weight is 180 g/mol. The van der Waals surface area contributed by atoms with Gasteiger partial charge in [-0.25, -0.2) is 0 Å². The van der Waals surface area contributed by atoms with Gasteiger partial charge in [0, 0.05) is 18.0 Å². The van der Waals surface area contributed by atoms with Gasteiger partial charge in [-0.3, -0.25) is 0 Å². The average Bonchev–Trinajstić information content (AvgIpc) is 1.93. The molecule has 1 saturated heterocycles. The summed E-state index contributed by atoms with van der Waals surface area (Å²) >= 11 is 10.8. The first-order chi connectivity index (χ1) is 4.29. The van der Waals surface area contributed by atoms with Crippen LogP contribution in [-0.4, -0.2) is 22.0 Å². The molecule has 1 fully saturated rings. The molecule has 50 valence electrons. The van der Waals surface area contributed by atoms with Crippen molar-refractivity contribution in [1.29, 1.82) is 0 Å². The smallest absolute Gasteiger partial charge is 0.359 e.